The lowest BCUT2D eigenvalue weighted by Crippen LogP contribution is -2.21. The Morgan fingerprint density at radius 2 is 1.52 bits per heavy atom. The van der Waals surface area contributed by atoms with E-state index >= 15 is 0 Å². The second-order valence-electron chi connectivity index (χ2n) is 4.40. The highest BCUT2D eigenvalue weighted by atomic mass is 16.4. The molecule has 1 aromatic carbocycles. The van der Waals surface area contributed by atoms with Crippen molar-refractivity contribution in [2.24, 2.45) is 5.73 Å². The van der Waals surface area contributed by atoms with Crippen LogP contribution in [0.1, 0.15) is 22.3 Å². The molecular weight excluding hydrogens is 276 g/mol. The van der Waals surface area contributed by atoms with Crippen molar-refractivity contribution < 1.29 is 24.6 Å². The highest BCUT2D eigenvalue weighted by Gasteiger charge is 2.06. The van der Waals surface area contributed by atoms with Gasteiger partial charge in [-0.25, -0.2) is 9.59 Å². The van der Waals surface area contributed by atoms with Crippen LogP contribution in [0.2, 0.25) is 0 Å². The van der Waals surface area contributed by atoms with E-state index in [1.807, 2.05) is 24.3 Å². The third-order valence-corrected chi connectivity index (χ3v) is 2.46. The minimum absolute atomic E-state index is 0.0420. The SMILES string of the molecule is CN(C)C(=O)c1ccc(CCCN)cc1.O=C(O)C(=O)O. The van der Waals surface area contributed by atoms with Gasteiger partial charge in [-0.3, -0.25) is 4.79 Å². The number of carbonyl (C=O) groups is 3. The third-order valence-electron chi connectivity index (χ3n) is 2.46. The van der Waals surface area contributed by atoms with Crippen LogP contribution >= 0.6 is 0 Å². The Bertz CT molecular complexity index is 471. The number of hydrogen-bond donors (Lipinski definition) is 3. The summed E-state index contributed by atoms with van der Waals surface area (Å²) in [6.07, 6.45) is 1.97. The second kappa shape index (κ2) is 9.49. The largest absolute Gasteiger partial charge is 0.473 e. The van der Waals surface area contributed by atoms with Crippen LogP contribution in [0.15, 0.2) is 24.3 Å². The Morgan fingerprint density at radius 1 is 1.05 bits per heavy atom. The number of hydrogen-bond acceptors (Lipinski definition) is 4. The number of benzene rings is 1. The molecule has 4 N–H and O–H groups in total. The average Bonchev–Trinajstić information content (AvgIpc) is 2.45. The number of amides is 1. The van der Waals surface area contributed by atoms with Crippen LogP contribution in [0.25, 0.3) is 0 Å². The summed E-state index contributed by atoms with van der Waals surface area (Å²) >= 11 is 0. The molecule has 1 amide bonds. The summed E-state index contributed by atoms with van der Waals surface area (Å²) in [6, 6.07) is 7.72. The molecule has 0 heterocycles. The van der Waals surface area contributed by atoms with E-state index in [0.29, 0.717) is 6.54 Å². The standard InChI is InChI=1S/C12H18N2O.C2H2O4/c1-14(2)12(15)11-7-5-10(6-8-11)4-3-9-13;3-1(4)2(5)6/h5-8H,3-4,9,13H2,1-2H3;(H,3,4)(H,5,6). The molecule has 0 spiro atoms. The number of nitrogens with two attached hydrogens (primary N) is 1. The first-order valence-corrected chi connectivity index (χ1v) is 6.26. The topological polar surface area (TPSA) is 121 Å². The van der Waals surface area contributed by atoms with Crippen LogP contribution in [0.4, 0.5) is 0 Å². The number of carboxylic acids is 2. The van der Waals surface area contributed by atoms with Crippen LogP contribution in [0, 0.1) is 0 Å². The van der Waals surface area contributed by atoms with Gasteiger partial charge in [-0.05, 0) is 37.1 Å². The fraction of sp³-hybridized carbons (Fsp3) is 0.357. The average molecular weight is 296 g/mol. The van der Waals surface area contributed by atoms with E-state index in [1.54, 1.807) is 19.0 Å². The Balaban J connectivity index is 0.000000567. The molecule has 1 aromatic rings. The van der Waals surface area contributed by atoms with Gasteiger partial charge >= 0.3 is 11.9 Å². The Morgan fingerprint density at radius 3 is 1.86 bits per heavy atom. The maximum atomic E-state index is 11.6. The summed E-state index contributed by atoms with van der Waals surface area (Å²) in [5, 5.41) is 14.8. The number of aliphatic carboxylic acids is 2. The summed E-state index contributed by atoms with van der Waals surface area (Å²) in [5.74, 6) is -3.61. The Hall–Kier alpha value is -2.41. The summed E-state index contributed by atoms with van der Waals surface area (Å²) < 4.78 is 0. The summed E-state index contributed by atoms with van der Waals surface area (Å²) in [5.41, 5.74) is 7.40. The van der Waals surface area contributed by atoms with Crippen molar-refractivity contribution in [2.45, 2.75) is 12.8 Å². The van der Waals surface area contributed by atoms with Crippen molar-refractivity contribution in [1.29, 1.82) is 0 Å². The van der Waals surface area contributed by atoms with Gasteiger partial charge in [0, 0.05) is 19.7 Å². The molecule has 7 nitrogen and oxygen atoms in total. The fourth-order valence-corrected chi connectivity index (χ4v) is 1.38. The van der Waals surface area contributed by atoms with Gasteiger partial charge < -0.3 is 20.8 Å². The van der Waals surface area contributed by atoms with Gasteiger partial charge in [-0.2, -0.15) is 0 Å². The first-order chi connectivity index (χ1) is 9.79. The molecular formula is C14H20N2O5. The summed E-state index contributed by atoms with van der Waals surface area (Å²) in [4.78, 5) is 31.4. The number of carbonyl (C=O) groups excluding carboxylic acids is 1. The molecule has 0 radical (unpaired) electrons. The molecule has 0 fully saturated rings. The van der Waals surface area contributed by atoms with Crippen LogP contribution < -0.4 is 5.73 Å². The lowest BCUT2D eigenvalue weighted by atomic mass is 10.1. The van der Waals surface area contributed by atoms with E-state index in [4.69, 9.17) is 25.5 Å². The van der Waals surface area contributed by atoms with Gasteiger partial charge in [-0.1, -0.05) is 12.1 Å². The predicted octanol–water partition coefficient (Wildman–Crippen LogP) is 0.435. The molecule has 0 unspecified atom stereocenters. The molecule has 0 bridgehead atoms. The fourth-order valence-electron chi connectivity index (χ4n) is 1.38. The number of carboxylic acid groups (broad SMARTS) is 2. The number of nitrogens with zero attached hydrogens (tertiary/aromatic N) is 1. The van der Waals surface area contributed by atoms with Gasteiger partial charge in [0.15, 0.2) is 0 Å². The van der Waals surface area contributed by atoms with E-state index in [1.165, 1.54) is 5.56 Å². The second-order valence-corrected chi connectivity index (χ2v) is 4.40. The lowest BCUT2D eigenvalue weighted by Gasteiger charge is -2.10. The molecule has 0 aliphatic heterocycles. The molecule has 7 heteroatoms. The van der Waals surface area contributed by atoms with E-state index in [2.05, 4.69) is 0 Å². The zero-order chi connectivity index (χ0) is 16.4. The van der Waals surface area contributed by atoms with Crippen LogP contribution in [0.5, 0.6) is 0 Å². The van der Waals surface area contributed by atoms with Crippen molar-refractivity contribution in [3.8, 4) is 0 Å². The van der Waals surface area contributed by atoms with Crippen molar-refractivity contribution in [3.05, 3.63) is 35.4 Å². The van der Waals surface area contributed by atoms with Crippen molar-refractivity contribution in [3.63, 3.8) is 0 Å². The molecule has 0 atom stereocenters. The van der Waals surface area contributed by atoms with E-state index in [9.17, 15) is 4.79 Å². The van der Waals surface area contributed by atoms with Gasteiger partial charge in [-0.15, -0.1) is 0 Å². The maximum Gasteiger partial charge on any atom is 0.414 e. The van der Waals surface area contributed by atoms with Gasteiger partial charge in [0.05, 0.1) is 0 Å². The van der Waals surface area contributed by atoms with Crippen molar-refractivity contribution in [2.75, 3.05) is 20.6 Å². The molecule has 0 saturated heterocycles. The summed E-state index contributed by atoms with van der Waals surface area (Å²) in [7, 11) is 3.51. The Kier molecular flexibility index (Phi) is 8.40. The zero-order valence-corrected chi connectivity index (χ0v) is 12.1. The number of aryl methyl sites for hydroxylation is 1. The molecule has 0 aliphatic carbocycles. The molecule has 0 saturated carbocycles. The normalized spacial score (nSPS) is 9.29. The summed E-state index contributed by atoms with van der Waals surface area (Å²) in [6.45, 7) is 0.707. The third kappa shape index (κ3) is 7.68. The molecule has 0 aliphatic rings. The highest BCUT2D eigenvalue weighted by Crippen LogP contribution is 2.07. The van der Waals surface area contributed by atoms with E-state index in [-0.39, 0.29) is 5.91 Å². The minimum Gasteiger partial charge on any atom is -0.473 e. The monoisotopic (exact) mass is 296 g/mol. The van der Waals surface area contributed by atoms with Crippen LogP contribution in [-0.4, -0.2) is 53.6 Å². The highest BCUT2D eigenvalue weighted by molar-refractivity contribution is 6.27. The van der Waals surface area contributed by atoms with Crippen LogP contribution in [0.3, 0.4) is 0 Å². The van der Waals surface area contributed by atoms with Crippen LogP contribution in [-0.2, 0) is 16.0 Å². The first kappa shape index (κ1) is 18.6. The Labute approximate surface area is 123 Å². The lowest BCUT2D eigenvalue weighted by molar-refractivity contribution is -0.159. The molecule has 21 heavy (non-hydrogen) atoms. The predicted molar refractivity (Wildman–Crippen MR) is 77.1 cm³/mol. The van der Waals surface area contributed by atoms with Gasteiger partial charge in [0.2, 0.25) is 0 Å². The molecule has 116 valence electrons. The molecule has 1 rings (SSSR count). The van der Waals surface area contributed by atoms with Gasteiger partial charge in [0.1, 0.15) is 0 Å². The number of rotatable bonds is 4. The van der Waals surface area contributed by atoms with E-state index < -0.39 is 11.9 Å². The maximum absolute atomic E-state index is 11.6. The minimum atomic E-state index is -1.82. The smallest absolute Gasteiger partial charge is 0.414 e. The molecule has 0 aromatic heterocycles. The first-order valence-electron chi connectivity index (χ1n) is 6.26. The zero-order valence-electron chi connectivity index (χ0n) is 12.1. The van der Waals surface area contributed by atoms with Crippen molar-refractivity contribution >= 4 is 17.8 Å². The van der Waals surface area contributed by atoms with Gasteiger partial charge in [0.25, 0.3) is 5.91 Å². The van der Waals surface area contributed by atoms with E-state index in [0.717, 1.165) is 18.4 Å². The van der Waals surface area contributed by atoms with Crippen molar-refractivity contribution in [1.82, 2.24) is 4.90 Å². The quantitative estimate of drug-likeness (QED) is 0.693.